The molecule has 32 heavy (non-hydrogen) atoms. The number of anilines is 1. The van der Waals surface area contributed by atoms with E-state index in [1.165, 1.54) is 6.07 Å². The molecule has 1 amide bonds. The van der Waals surface area contributed by atoms with E-state index in [0.29, 0.717) is 19.3 Å². The van der Waals surface area contributed by atoms with Gasteiger partial charge in [0.2, 0.25) is 0 Å². The van der Waals surface area contributed by atoms with Crippen molar-refractivity contribution in [3.63, 3.8) is 0 Å². The van der Waals surface area contributed by atoms with Crippen molar-refractivity contribution in [2.75, 3.05) is 11.6 Å². The SMILES string of the molecule is CC1CCC(Cn2nc(C3CC3)c(C(F)(F)F)c2C(=O)Nc2ccnc(S(C)(=O)=O)c2)O1. The summed E-state index contributed by atoms with van der Waals surface area (Å²) < 4.78 is 72.4. The first-order valence-electron chi connectivity index (χ1n) is 10.2. The molecule has 2 aliphatic rings. The second-order valence-corrected chi connectivity index (χ2v) is 10.3. The van der Waals surface area contributed by atoms with Crippen LogP contribution in [0, 0.1) is 0 Å². The summed E-state index contributed by atoms with van der Waals surface area (Å²) in [5.74, 6) is -1.35. The maximum absolute atomic E-state index is 14.1. The molecule has 2 atom stereocenters. The second kappa shape index (κ2) is 8.14. The Bertz CT molecular complexity index is 1140. The molecular weight excluding hydrogens is 449 g/mol. The van der Waals surface area contributed by atoms with Crippen LogP contribution in [0.1, 0.15) is 60.3 Å². The average Bonchev–Trinajstić information content (AvgIpc) is 3.34. The number of sulfone groups is 1. The smallest absolute Gasteiger partial charge is 0.373 e. The molecule has 0 spiro atoms. The zero-order valence-corrected chi connectivity index (χ0v) is 18.3. The quantitative estimate of drug-likeness (QED) is 0.691. The Morgan fingerprint density at radius 1 is 1.28 bits per heavy atom. The van der Waals surface area contributed by atoms with Gasteiger partial charge in [-0.1, -0.05) is 0 Å². The van der Waals surface area contributed by atoms with Crippen molar-refractivity contribution in [2.24, 2.45) is 0 Å². The van der Waals surface area contributed by atoms with Gasteiger partial charge in [0, 0.05) is 24.1 Å². The molecule has 8 nitrogen and oxygen atoms in total. The molecule has 1 N–H and O–H groups in total. The van der Waals surface area contributed by atoms with E-state index in [1.54, 1.807) is 0 Å². The van der Waals surface area contributed by atoms with Gasteiger partial charge in [0.1, 0.15) is 11.3 Å². The molecule has 2 fully saturated rings. The molecular formula is C20H23F3N4O4S. The van der Waals surface area contributed by atoms with E-state index in [4.69, 9.17) is 4.74 Å². The van der Waals surface area contributed by atoms with Gasteiger partial charge in [-0.2, -0.15) is 18.3 Å². The molecule has 0 aromatic carbocycles. The summed E-state index contributed by atoms with van der Waals surface area (Å²) in [4.78, 5) is 16.8. The third-order valence-corrected chi connectivity index (χ3v) is 6.49. The summed E-state index contributed by atoms with van der Waals surface area (Å²) in [5, 5.41) is 6.28. The fraction of sp³-hybridized carbons (Fsp3) is 0.550. The van der Waals surface area contributed by atoms with Gasteiger partial charge < -0.3 is 10.1 Å². The molecule has 1 aliphatic heterocycles. The molecule has 0 radical (unpaired) electrons. The Morgan fingerprint density at radius 2 is 2.00 bits per heavy atom. The van der Waals surface area contributed by atoms with Gasteiger partial charge in [-0.15, -0.1) is 0 Å². The maximum Gasteiger partial charge on any atom is 0.420 e. The Hall–Kier alpha value is -2.47. The van der Waals surface area contributed by atoms with Crippen molar-refractivity contribution in [3.8, 4) is 0 Å². The molecule has 3 heterocycles. The molecule has 2 aromatic rings. The Kier molecular flexibility index (Phi) is 5.78. The predicted octanol–water partition coefficient (Wildman–Crippen LogP) is 3.40. The fourth-order valence-corrected chi connectivity index (χ4v) is 4.45. The van der Waals surface area contributed by atoms with Crippen molar-refractivity contribution < 1.29 is 31.1 Å². The number of hydrogen-bond acceptors (Lipinski definition) is 6. The standard InChI is InChI=1S/C20H23F3N4O4S/c1-11-3-6-14(31-11)10-27-18(16(20(21,22)23)17(26-27)12-4-5-12)19(28)25-13-7-8-24-15(9-13)32(2,29)30/h7-9,11-12,14H,3-6,10H2,1-2H3,(H,24,25,28). The normalized spacial score (nSPS) is 21.7. The van der Waals surface area contributed by atoms with Crippen molar-refractivity contribution in [1.82, 2.24) is 14.8 Å². The maximum atomic E-state index is 14.1. The summed E-state index contributed by atoms with van der Waals surface area (Å²) in [7, 11) is -3.66. The highest BCUT2D eigenvalue weighted by molar-refractivity contribution is 7.90. The van der Waals surface area contributed by atoms with Gasteiger partial charge in [-0.05, 0) is 44.7 Å². The Labute approximate surface area is 183 Å². The number of alkyl halides is 3. The number of rotatable bonds is 6. The number of ether oxygens (including phenoxy) is 1. The van der Waals surface area contributed by atoms with Crippen LogP contribution in [0.4, 0.5) is 18.9 Å². The summed E-state index contributed by atoms with van der Waals surface area (Å²) in [5.41, 5.74) is -1.74. The van der Waals surface area contributed by atoms with Crippen LogP contribution in [0.3, 0.4) is 0 Å². The van der Waals surface area contributed by atoms with Crippen LogP contribution in [-0.2, 0) is 27.3 Å². The van der Waals surface area contributed by atoms with E-state index in [2.05, 4.69) is 15.4 Å². The zero-order valence-electron chi connectivity index (χ0n) is 17.5. The summed E-state index contributed by atoms with van der Waals surface area (Å²) in [6.45, 7) is 1.91. The number of nitrogens with zero attached hydrogens (tertiary/aromatic N) is 3. The minimum atomic E-state index is -4.77. The number of nitrogens with one attached hydrogen (secondary N) is 1. The van der Waals surface area contributed by atoms with Crippen LogP contribution in [0.25, 0.3) is 0 Å². The molecule has 1 aliphatic carbocycles. The monoisotopic (exact) mass is 472 g/mol. The van der Waals surface area contributed by atoms with E-state index in [9.17, 15) is 26.4 Å². The summed E-state index contributed by atoms with van der Waals surface area (Å²) >= 11 is 0. The molecule has 2 unspecified atom stereocenters. The average molecular weight is 472 g/mol. The van der Waals surface area contributed by atoms with E-state index in [0.717, 1.165) is 29.6 Å². The number of carbonyl (C=O) groups excluding carboxylic acids is 1. The first kappa shape index (κ1) is 22.7. The third kappa shape index (κ3) is 4.80. The molecule has 174 valence electrons. The Balaban J connectivity index is 1.73. The van der Waals surface area contributed by atoms with Crippen LogP contribution in [0.2, 0.25) is 0 Å². The molecule has 2 aromatic heterocycles. The third-order valence-electron chi connectivity index (χ3n) is 5.51. The van der Waals surface area contributed by atoms with Crippen LogP contribution in [0.15, 0.2) is 23.4 Å². The van der Waals surface area contributed by atoms with Crippen molar-refractivity contribution in [3.05, 3.63) is 35.3 Å². The van der Waals surface area contributed by atoms with Gasteiger partial charge >= 0.3 is 6.18 Å². The van der Waals surface area contributed by atoms with Gasteiger partial charge in [-0.3, -0.25) is 9.48 Å². The highest BCUT2D eigenvalue weighted by Gasteiger charge is 2.46. The topological polar surface area (TPSA) is 103 Å². The van der Waals surface area contributed by atoms with Crippen LogP contribution in [0.5, 0.6) is 0 Å². The van der Waals surface area contributed by atoms with Crippen LogP contribution < -0.4 is 5.32 Å². The number of pyridine rings is 1. The largest absolute Gasteiger partial charge is 0.420 e. The Morgan fingerprint density at radius 3 is 2.56 bits per heavy atom. The molecule has 4 rings (SSSR count). The lowest BCUT2D eigenvalue weighted by Gasteiger charge is -2.15. The minimum Gasteiger partial charge on any atom is -0.373 e. The van der Waals surface area contributed by atoms with E-state index in [-0.39, 0.29) is 41.1 Å². The lowest BCUT2D eigenvalue weighted by molar-refractivity contribution is -0.138. The predicted molar refractivity (Wildman–Crippen MR) is 108 cm³/mol. The second-order valence-electron chi connectivity index (χ2n) is 8.32. The zero-order chi connectivity index (χ0) is 23.3. The minimum absolute atomic E-state index is 0.0101. The van der Waals surface area contributed by atoms with Gasteiger partial charge in [0.25, 0.3) is 5.91 Å². The van der Waals surface area contributed by atoms with Crippen molar-refractivity contribution >= 4 is 21.4 Å². The summed E-state index contributed by atoms with van der Waals surface area (Å²) in [6, 6.07) is 2.41. The molecule has 0 bridgehead atoms. The number of halogens is 3. The van der Waals surface area contributed by atoms with Gasteiger partial charge in [0.15, 0.2) is 14.9 Å². The number of aromatic nitrogens is 3. The molecule has 1 saturated carbocycles. The van der Waals surface area contributed by atoms with Crippen LogP contribution in [-0.4, -0.2) is 47.6 Å². The lowest BCUT2D eigenvalue weighted by atomic mass is 10.1. The van der Waals surface area contributed by atoms with E-state index < -0.39 is 33.2 Å². The summed E-state index contributed by atoms with van der Waals surface area (Å²) in [6.07, 6.45) is -0.417. The van der Waals surface area contributed by atoms with Gasteiger partial charge in [0.05, 0.1) is 24.4 Å². The first-order chi connectivity index (χ1) is 14.9. The number of carbonyl (C=O) groups is 1. The highest BCUT2D eigenvalue weighted by Crippen LogP contribution is 2.46. The first-order valence-corrected chi connectivity index (χ1v) is 12.1. The van der Waals surface area contributed by atoms with Crippen LogP contribution >= 0.6 is 0 Å². The van der Waals surface area contributed by atoms with Gasteiger partial charge in [-0.25, -0.2) is 13.4 Å². The van der Waals surface area contributed by atoms with E-state index >= 15 is 0 Å². The number of amides is 1. The number of hydrogen-bond donors (Lipinski definition) is 1. The molecule has 12 heteroatoms. The molecule has 1 saturated heterocycles. The van der Waals surface area contributed by atoms with E-state index in [1.807, 2.05) is 6.92 Å². The van der Waals surface area contributed by atoms with Crippen molar-refractivity contribution in [2.45, 2.75) is 68.5 Å². The lowest BCUT2D eigenvalue weighted by Crippen LogP contribution is -2.26. The van der Waals surface area contributed by atoms with Crippen molar-refractivity contribution in [1.29, 1.82) is 0 Å². The highest BCUT2D eigenvalue weighted by atomic mass is 32.2. The fourth-order valence-electron chi connectivity index (χ4n) is 3.86.